The van der Waals surface area contributed by atoms with Crippen LogP contribution in [-0.4, -0.2) is 20.2 Å². The van der Waals surface area contributed by atoms with Gasteiger partial charge in [-0.3, -0.25) is 0 Å². The van der Waals surface area contributed by atoms with E-state index in [1.807, 2.05) is 18.2 Å². The van der Waals surface area contributed by atoms with E-state index in [0.29, 0.717) is 0 Å². The van der Waals surface area contributed by atoms with Crippen LogP contribution < -0.4 is 9.64 Å². The summed E-state index contributed by atoms with van der Waals surface area (Å²) in [5.41, 5.74) is 1.14. The van der Waals surface area contributed by atoms with Crippen LogP contribution in [0.15, 0.2) is 18.2 Å². The van der Waals surface area contributed by atoms with Gasteiger partial charge in [0.05, 0.1) is 12.2 Å². The average Bonchev–Trinajstić information content (AvgIpc) is 2.06. The topological polar surface area (TPSA) is 12.5 Å². The van der Waals surface area contributed by atoms with Crippen molar-refractivity contribution in [1.29, 1.82) is 0 Å². The van der Waals surface area contributed by atoms with Crippen LogP contribution in [0.25, 0.3) is 0 Å². The molecule has 0 aliphatic carbocycles. The van der Waals surface area contributed by atoms with Crippen LogP contribution in [0.1, 0.15) is 0 Å². The Bertz CT molecular complexity index is 259. The van der Waals surface area contributed by atoms with Crippen molar-refractivity contribution in [2.24, 2.45) is 0 Å². The van der Waals surface area contributed by atoms with E-state index < -0.39 is 0 Å². The Morgan fingerprint density at radius 3 is 3.36 bits per heavy atom. The monoisotopic (exact) mass is 148 g/mol. The fourth-order valence-corrected chi connectivity index (χ4v) is 1.23. The average molecular weight is 148 g/mol. The smallest absolute Gasteiger partial charge is 0.150 e. The van der Waals surface area contributed by atoms with Gasteiger partial charge in [0.2, 0.25) is 0 Å². The molecule has 0 saturated carbocycles. The van der Waals surface area contributed by atoms with Crippen LogP contribution >= 0.6 is 0 Å². The van der Waals surface area contributed by atoms with E-state index in [2.05, 4.69) is 18.0 Å². The summed E-state index contributed by atoms with van der Waals surface area (Å²) in [5.74, 6) is 0.876. The van der Waals surface area contributed by atoms with Crippen molar-refractivity contribution in [3.05, 3.63) is 24.3 Å². The van der Waals surface area contributed by atoms with Crippen molar-refractivity contribution in [3.63, 3.8) is 0 Å². The molecule has 2 heteroatoms. The Morgan fingerprint density at radius 2 is 2.55 bits per heavy atom. The number of nitrogens with zero attached hydrogens (tertiary/aromatic N) is 1. The first-order valence-electron chi connectivity index (χ1n) is 3.72. The molecule has 0 aromatic heterocycles. The van der Waals surface area contributed by atoms with Crippen LogP contribution in [0.3, 0.4) is 0 Å². The summed E-state index contributed by atoms with van der Waals surface area (Å²) in [4.78, 5) is 2.18. The lowest BCUT2D eigenvalue weighted by Crippen LogP contribution is -2.28. The largest absolute Gasteiger partial charge is 0.489 e. The Balaban J connectivity index is 2.44. The predicted octanol–water partition coefficient (Wildman–Crippen LogP) is 1.32. The number of fused-ring (bicyclic) bond motifs is 1. The number of para-hydroxylation sites is 1. The molecule has 0 amide bonds. The van der Waals surface area contributed by atoms with Gasteiger partial charge in [-0.05, 0) is 6.07 Å². The third kappa shape index (κ3) is 1.04. The van der Waals surface area contributed by atoms with Crippen LogP contribution in [0.4, 0.5) is 5.69 Å². The zero-order valence-corrected chi connectivity index (χ0v) is 6.50. The zero-order chi connectivity index (χ0) is 7.68. The van der Waals surface area contributed by atoms with E-state index >= 15 is 0 Å². The van der Waals surface area contributed by atoms with Crippen molar-refractivity contribution in [1.82, 2.24) is 0 Å². The number of likely N-dealkylation sites (N-methyl/N-ethyl adjacent to an activating group) is 1. The minimum Gasteiger partial charge on any atom is -0.489 e. The summed E-state index contributed by atoms with van der Waals surface area (Å²) < 4.78 is 5.40. The fourth-order valence-electron chi connectivity index (χ4n) is 1.23. The molecule has 1 radical (unpaired) electrons. The molecule has 0 bridgehead atoms. The number of hydrogen-bond acceptors (Lipinski definition) is 2. The summed E-state index contributed by atoms with van der Waals surface area (Å²) in [6.07, 6.45) is 0. The Labute approximate surface area is 66.4 Å². The highest BCUT2D eigenvalue weighted by Gasteiger charge is 2.12. The van der Waals surface area contributed by atoms with Crippen molar-refractivity contribution in [3.8, 4) is 5.75 Å². The quantitative estimate of drug-likeness (QED) is 0.550. The predicted molar refractivity (Wildman–Crippen MR) is 44.0 cm³/mol. The van der Waals surface area contributed by atoms with E-state index in [4.69, 9.17) is 4.74 Å². The highest BCUT2D eigenvalue weighted by molar-refractivity contribution is 5.58. The van der Waals surface area contributed by atoms with Crippen LogP contribution in [-0.2, 0) is 0 Å². The van der Waals surface area contributed by atoms with Crippen LogP contribution in [0, 0.1) is 6.07 Å². The van der Waals surface area contributed by atoms with Gasteiger partial charge in [0.15, 0.2) is 5.75 Å². The van der Waals surface area contributed by atoms with Gasteiger partial charge in [-0.1, -0.05) is 12.1 Å². The molecule has 0 N–H and O–H groups in total. The molecule has 0 fully saturated rings. The Morgan fingerprint density at radius 1 is 1.64 bits per heavy atom. The van der Waals surface area contributed by atoms with Crippen molar-refractivity contribution >= 4 is 5.69 Å². The highest BCUT2D eigenvalue weighted by Crippen LogP contribution is 2.28. The lowest BCUT2D eigenvalue weighted by molar-refractivity contribution is 0.310. The van der Waals surface area contributed by atoms with Crippen molar-refractivity contribution in [2.45, 2.75) is 0 Å². The molecule has 57 valence electrons. The molecule has 0 atom stereocenters. The third-order valence-corrected chi connectivity index (χ3v) is 1.88. The van der Waals surface area contributed by atoms with Gasteiger partial charge >= 0.3 is 0 Å². The Hall–Kier alpha value is -1.18. The molecule has 1 aromatic carbocycles. The summed E-state index contributed by atoms with van der Waals surface area (Å²) >= 11 is 0. The molecule has 1 aromatic rings. The minimum absolute atomic E-state index is 0.768. The molecule has 1 heterocycles. The number of benzene rings is 1. The molecular formula is C9H10NO. The lowest BCUT2D eigenvalue weighted by atomic mass is 10.2. The molecule has 0 saturated heterocycles. The van der Waals surface area contributed by atoms with E-state index in [9.17, 15) is 0 Å². The molecule has 1 aliphatic rings. The molecule has 2 nitrogen and oxygen atoms in total. The molecule has 2 rings (SSSR count). The van der Waals surface area contributed by atoms with Crippen molar-refractivity contribution < 1.29 is 4.74 Å². The normalized spacial score (nSPS) is 15.5. The van der Waals surface area contributed by atoms with E-state index in [1.54, 1.807) is 0 Å². The lowest BCUT2D eigenvalue weighted by Gasteiger charge is -2.26. The fraction of sp³-hybridized carbons (Fsp3) is 0.333. The maximum absolute atomic E-state index is 5.40. The van der Waals surface area contributed by atoms with Crippen LogP contribution in [0.5, 0.6) is 5.75 Å². The maximum Gasteiger partial charge on any atom is 0.150 e. The van der Waals surface area contributed by atoms with Gasteiger partial charge < -0.3 is 9.64 Å². The van der Waals surface area contributed by atoms with E-state index in [0.717, 1.165) is 24.6 Å². The number of anilines is 1. The molecular weight excluding hydrogens is 138 g/mol. The van der Waals surface area contributed by atoms with Gasteiger partial charge in [-0.15, -0.1) is 0 Å². The summed E-state index contributed by atoms with van der Waals surface area (Å²) in [5, 5.41) is 0. The second kappa shape index (κ2) is 2.46. The van der Waals surface area contributed by atoms with E-state index in [-0.39, 0.29) is 0 Å². The van der Waals surface area contributed by atoms with Gasteiger partial charge in [0.25, 0.3) is 0 Å². The molecule has 11 heavy (non-hydrogen) atoms. The minimum atomic E-state index is 0.768. The van der Waals surface area contributed by atoms with Gasteiger partial charge in [-0.2, -0.15) is 0 Å². The highest BCUT2D eigenvalue weighted by atomic mass is 16.5. The summed E-state index contributed by atoms with van der Waals surface area (Å²) in [7, 11) is 2.06. The van der Waals surface area contributed by atoms with E-state index in [1.165, 1.54) is 0 Å². The van der Waals surface area contributed by atoms with Gasteiger partial charge in [0, 0.05) is 13.1 Å². The summed E-state index contributed by atoms with van der Waals surface area (Å²) in [6, 6.07) is 8.95. The first kappa shape index (κ1) is 6.53. The maximum atomic E-state index is 5.40. The van der Waals surface area contributed by atoms with Crippen molar-refractivity contribution in [2.75, 3.05) is 25.1 Å². The zero-order valence-electron chi connectivity index (χ0n) is 6.50. The van der Waals surface area contributed by atoms with Crippen LogP contribution in [0.2, 0.25) is 0 Å². The third-order valence-electron chi connectivity index (χ3n) is 1.88. The standard InChI is InChI=1S/C9H10NO/c1-10-6-7-11-9-5-3-2-4-8(9)10/h2-4H,6-7H2,1H3. The SMILES string of the molecule is CN1CCOc2[c]cccc21. The first-order chi connectivity index (χ1) is 5.38. The van der Waals surface area contributed by atoms with Gasteiger partial charge in [0.1, 0.15) is 6.61 Å². The first-order valence-corrected chi connectivity index (χ1v) is 3.72. The van der Waals surface area contributed by atoms with Gasteiger partial charge in [-0.25, -0.2) is 0 Å². The summed E-state index contributed by atoms with van der Waals surface area (Å²) in [6.45, 7) is 1.73. The molecule has 0 spiro atoms. The molecule has 0 unspecified atom stereocenters. The number of ether oxygens (including phenoxy) is 1. The molecule has 1 aliphatic heterocycles. The second-order valence-corrected chi connectivity index (χ2v) is 2.65. The Kier molecular flexibility index (Phi) is 1.46. The number of rotatable bonds is 0. The number of hydrogen-bond donors (Lipinski definition) is 0. The second-order valence-electron chi connectivity index (χ2n) is 2.65.